The van der Waals surface area contributed by atoms with Gasteiger partial charge in [0.05, 0.1) is 30.4 Å². The summed E-state index contributed by atoms with van der Waals surface area (Å²) >= 11 is 0. The monoisotopic (exact) mass is 398 g/mol. The maximum Gasteiger partial charge on any atom is 0.261 e. The van der Waals surface area contributed by atoms with Crippen molar-refractivity contribution in [3.8, 4) is 5.75 Å². The molecule has 0 spiro atoms. The van der Waals surface area contributed by atoms with Crippen molar-refractivity contribution < 1.29 is 13.9 Å². The summed E-state index contributed by atoms with van der Waals surface area (Å²) in [5.74, 6) is -0.131. The quantitative estimate of drug-likeness (QED) is 0.659. The Balaban J connectivity index is 1.74. The summed E-state index contributed by atoms with van der Waals surface area (Å²) < 4.78 is 20.0. The molecule has 1 atom stereocenters. The first-order valence-electron chi connectivity index (χ1n) is 9.11. The van der Waals surface area contributed by atoms with Gasteiger partial charge < -0.3 is 15.0 Å². The first-order chi connectivity index (χ1) is 13.9. The van der Waals surface area contributed by atoms with Gasteiger partial charge in [0.1, 0.15) is 18.1 Å². The lowest BCUT2D eigenvalue weighted by Crippen LogP contribution is -2.38. The Bertz CT molecular complexity index is 1080. The molecule has 0 fully saturated rings. The highest BCUT2D eigenvalue weighted by Gasteiger charge is 2.19. The van der Waals surface area contributed by atoms with Crippen LogP contribution in [0.2, 0.25) is 0 Å². The van der Waals surface area contributed by atoms with Crippen molar-refractivity contribution in [2.75, 3.05) is 27.7 Å². The van der Waals surface area contributed by atoms with E-state index in [-0.39, 0.29) is 23.9 Å². The summed E-state index contributed by atoms with van der Waals surface area (Å²) in [7, 11) is 5.43. The van der Waals surface area contributed by atoms with Crippen LogP contribution in [-0.4, -0.2) is 48.1 Å². The summed E-state index contributed by atoms with van der Waals surface area (Å²) in [6, 6.07) is 11.3. The number of carbonyl (C=O) groups excluding carboxylic acids is 1. The first-order valence-corrected chi connectivity index (χ1v) is 9.11. The Morgan fingerprint density at radius 1 is 1.28 bits per heavy atom. The van der Waals surface area contributed by atoms with Gasteiger partial charge in [-0.05, 0) is 38.4 Å². The van der Waals surface area contributed by atoms with Crippen LogP contribution in [0.5, 0.6) is 5.75 Å². The molecule has 0 saturated carbocycles. The van der Waals surface area contributed by atoms with E-state index in [0.717, 1.165) is 17.4 Å². The second-order valence-corrected chi connectivity index (χ2v) is 6.86. The number of para-hydroxylation sites is 1. The fraction of sp³-hybridized carbons (Fsp3) is 0.286. The van der Waals surface area contributed by atoms with Crippen LogP contribution in [0.1, 0.15) is 11.6 Å². The molecule has 152 valence electrons. The lowest BCUT2D eigenvalue weighted by Gasteiger charge is -2.26. The van der Waals surface area contributed by atoms with Gasteiger partial charge in [-0.1, -0.05) is 18.2 Å². The van der Waals surface area contributed by atoms with E-state index in [1.807, 2.05) is 43.3 Å². The van der Waals surface area contributed by atoms with Crippen molar-refractivity contribution in [3.05, 3.63) is 70.5 Å². The number of carbonyl (C=O) groups is 1. The molecule has 0 aliphatic rings. The topological polar surface area (TPSA) is 76.5 Å². The van der Waals surface area contributed by atoms with E-state index in [0.29, 0.717) is 12.1 Å². The largest absolute Gasteiger partial charge is 0.496 e. The third-order valence-corrected chi connectivity index (χ3v) is 4.71. The highest BCUT2D eigenvalue weighted by Crippen LogP contribution is 2.27. The van der Waals surface area contributed by atoms with Crippen LogP contribution in [0.3, 0.4) is 0 Å². The summed E-state index contributed by atoms with van der Waals surface area (Å²) in [6.07, 6.45) is 1.30. The highest BCUT2D eigenvalue weighted by molar-refractivity contribution is 5.79. The highest BCUT2D eigenvalue weighted by atomic mass is 19.1. The lowest BCUT2D eigenvalue weighted by molar-refractivity contribution is -0.121. The molecule has 1 unspecified atom stereocenters. The summed E-state index contributed by atoms with van der Waals surface area (Å²) in [6.45, 7) is 0.126. The molecule has 0 aliphatic heterocycles. The van der Waals surface area contributed by atoms with Crippen LogP contribution in [0, 0.1) is 5.82 Å². The fourth-order valence-electron chi connectivity index (χ4n) is 3.18. The molecule has 1 heterocycles. The molecule has 1 aromatic heterocycles. The normalized spacial score (nSPS) is 12.2. The molecular weight excluding hydrogens is 375 g/mol. The number of halogens is 1. The number of benzene rings is 2. The second-order valence-electron chi connectivity index (χ2n) is 6.86. The number of nitrogens with zero attached hydrogens (tertiary/aromatic N) is 3. The molecule has 3 rings (SSSR count). The molecule has 0 bridgehead atoms. The molecule has 0 radical (unpaired) electrons. The Kier molecular flexibility index (Phi) is 6.23. The maximum atomic E-state index is 13.4. The van der Waals surface area contributed by atoms with Gasteiger partial charge in [-0.2, -0.15) is 0 Å². The second kappa shape index (κ2) is 8.83. The predicted octanol–water partition coefficient (Wildman–Crippen LogP) is 1.96. The van der Waals surface area contributed by atoms with Crippen molar-refractivity contribution in [2.45, 2.75) is 12.6 Å². The van der Waals surface area contributed by atoms with Gasteiger partial charge in [0.2, 0.25) is 5.91 Å². The number of hydrogen-bond donors (Lipinski definition) is 1. The lowest BCUT2D eigenvalue weighted by atomic mass is 10.0. The molecule has 8 heteroatoms. The van der Waals surface area contributed by atoms with Gasteiger partial charge in [-0.3, -0.25) is 14.2 Å². The van der Waals surface area contributed by atoms with Crippen LogP contribution >= 0.6 is 0 Å². The van der Waals surface area contributed by atoms with Crippen molar-refractivity contribution in [1.82, 2.24) is 19.8 Å². The molecule has 29 heavy (non-hydrogen) atoms. The number of aromatic nitrogens is 2. The molecule has 2 aromatic carbocycles. The van der Waals surface area contributed by atoms with E-state index in [9.17, 15) is 14.0 Å². The van der Waals surface area contributed by atoms with Gasteiger partial charge in [-0.15, -0.1) is 0 Å². The predicted molar refractivity (Wildman–Crippen MR) is 108 cm³/mol. The molecule has 3 aromatic rings. The third kappa shape index (κ3) is 4.60. The Morgan fingerprint density at radius 2 is 2.03 bits per heavy atom. The zero-order valence-corrected chi connectivity index (χ0v) is 16.6. The number of amides is 1. The zero-order valence-electron chi connectivity index (χ0n) is 16.6. The molecule has 1 N–H and O–H groups in total. The average Bonchev–Trinajstić information content (AvgIpc) is 2.70. The number of methoxy groups -OCH3 is 1. The number of rotatable bonds is 7. The van der Waals surface area contributed by atoms with E-state index in [4.69, 9.17) is 4.74 Å². The van der Waals surface area contributed by atoms with Crippen molar-refractivity contribution >= 4 is 16.8 Å². The first kappa shape index (κ1) is 20.5. The molecule has 0 aliphatic carbocycles. The van der Waals surface area contributed by atoms with E-state index in [1.165, 1.54) is 23.0 Å². The van der Waals surface area contributed by atoms with Crippen LogP contribution in [0.4, 0.5) is 4.39 Å². The van der Waals surface area contributed by atoms with E-state index < -0.39 is 11.4 Å². The minimum absolute atomic E-state index is 0.115. The minimum Gasteiger partial charge on any atom is -0.496 e. The number of likely N-dealkylation sites (N-methyl/N-ethyl adjacent to an activating group) is 1. The average molecular weight is 398 g/mol. The Morgan fingerprint density at radius 3 is 2.76 bits per heavy atom. The van der Waals surface area contributed by atoms with E-state index in [2.05, 4.69) is 10.3 Å². The summed E-state index contributed by atoms with van der Waals surface area (Å²) in [4.78, 5) is 31.1. The van der Waals surface area contributed by atoms with Crippen molar-refractivity contribution in [1.29, 1.82) is 0 Å². The van der Waals surface area contributed by atoms with Crippen molar-refractivity contribution in [3.63, 3.8) is 0 Å². The third-order valence-electron chi connectivity index (χ3n) is 4.71. The SMILES string of the molecule is COc1ccccc1C(CNC(=O)Cn1cnc2ccc(F)cc2c1=O)N(C)C. The van der Waals surface area contributed by atoms with E-state index >= 15 is 0 Å². The van der Waals surface area contributed by atoms with Gasteiger partial charge in [0.25, 0.3) is 5.56 Å². The minimum atomic E-state index is -0.524. The van der Waals surface area contributed by atoms with Gasteiger partial charge in [0.15, 0.2) is 0 Å². The number of nitrogens with one attached hydrogen (secondary N) is 1. The van der Waals surface area contributed by atoms with Gasteiger partial charge >= 0.3 is 0 Å². The molecule has 7 nitrogen and oxygen atoms in total. The van der Waals surface area contributed by atoms with Crippen molar-refractivity contribution in [2.24, 2.45) is 0 Å². The number of hydrogen-bond acceptors (Lipinski definition) is 5. The molecule has 1 amide bonds. The summed E-state index contributed by atoms with van der Waals surface area (Å²) in [5.41, 5.74) is 0.871. The van der Waals surface area contributed by atoms with Gasteiger partial charge in [-0.25, -0.2) is 9.37 Å². The zero-order chi connectivity index (χ0) is 21.0. The fourth-order valence-corrected chi connectivity index (χ4v) is 3.18. The molecule has 0 saturated heterocycles. The van der Waals surface area contributed by atoms with E-state index in [1.54, 1.807) is 7.11 Å². The maximum absolute atomic E-state index is 13.4. The van der Waals surface area contributed by atoms with Gasteiger partial charge in [0, 0.05) is 12.1 Å². The Labute approximate surface area is 167 Å². The van der Waals surface area contributed by atoms with Crippen LogP contribution in [0.15, 0.2) is 53.6 Å². The number of ether oxygens (including phenoxy) is 1. The smallest absolute Gasteiger partial charge is 0.261 e. The van der Waals surface area contributed by atoms with Crippen LogP contribution in [-0.2, 0) is 11.3 Å². The standard InChI is InChI=1S/C21H23FN4O3/c1-25(2)18(15-6-4-5-7-19(15)29-3)11-23-20(27)12-26-13-24-17-9-8-14(22)10-16(17)21(26)28/h4-10,13,18H,11-12H2,1-3H3,(H,23,27). The Hall–Kier alpha value is -3.26. The van der Waals surface area contributed by atoms with Crippen LogP contribution in [0.25, 0.3) is 10.9 Å². The molecular formula is C21H23FN4O3. The summed E-state index contributed by atoms with van der Waals surface area (Å²) in [5, 5.41) is 2.99. The van der Waals surface area contributed by atoms with Crippen LogP contribution < -0.4 is 15.6 Å². The number of fused-ring (bicyclic) bond motifs is 1.